The van der Waals surface area contributed by atoms with Crippen LogP contribution in [0, 0.1) is 5.41 Å². The highest BCUT2D eigenvalue weighted by Gasteiger charge is 2.29. The van der Waals surface area contributed by atoms with Gasteiger partial charge in [0.05, 0.1) is 12.0 Å². The van der Waals surface area contributed by atoms with E-state index in [9.17, 15) is 9.59 Å². The van der Waals surface area contributed by atoms with Gasteiger partial charge in [0.15, 0.2) is 0 Å². The minimum Gasteiger partial charge on any atom is -0.481 e. The summed E-state index contributed by atoms with van der Waals surface area (Å²) >= 11 is 0. The lowest BCUT2D eigenvalue weighted by molar-refractivity contribution is -0.149. The van der Waals surface area contributed by atoms with Gasteiger partial charge in [-0.2, -0.15) is 0 Å². The van der Waals surface area contributed by atoms with Crippen LogP contribution in [0.25, 0.3) is 0 Å². The standard InChI is InChI=1S/C8H15NO4/c1-8(2,7(12)13)5-6(11)9-3-4-10/h10H,3-5H2,1-2H3,(H,9,11)(H,12,13). The van der Waals surface area contributed by atoms with Crippen molar-refractivity contribution in [1.29, 1.82) is 0 Å². The number of aliphatic hydroxyl groups excluding tert-OH is 1. The van der Waals surface area contributed by atoms with Crippen molar-refractivity contribution < 1.29 is 19.8 Å². The third kappa shape index (κ3) is 4.47. The van der Waals surface area contributed by atoms with Crippen LogP contribution in [-0.4, -0.2) is 35.2 Å². The first-order valence-corrected chi connectivity index (χ1v) is 4.01. The molecule has 0 saturated carbocycles. The molecule has 5 nitrogen and oxygen atoms in total. The second-order valence-electron chi connectivity index (χ2n) is 3.44. The first-order chi connectivity index (χ1) is 5.90. The number of hydrogen-bond donors (Lipinski definition) is 3. The second-order valence-corrected chi connectivity index (χ2v) is 3.44. The molecule has 0 rings (SSSR count). The zero-order valence-electron chi connectivity index (χ0n) is 7.83. The van der Waals surface area contributed by atoms with E-state index in [4.69, 9.17) is 10.2 Å². The summed E-state index contributed by atoms with van der Waals surface area (Å²) in [7, 11) is 0. The highest BCUT2D eigenvalue weighted by Crippen LogP contribution is 2.19. The molecule has 1 amide bonds. The lowest BCUT2D eigenvalue weighted by Gasteiger charge is -2.17. The summed E-state index contributed by atoms with van der Waals surface area (Å²) in [6.07, 6.45) is -0.0810. The average molecular weight is 189 g/mol. The third-order valence-corrected chi connectivity index (χ3v) is 1.62. The van der Waals surface area contributed by atoms with Crippen molar-refractivity contribution in [1.82, 2.24) is 5.32 Å². The van der Waals surface area contributed by atoms with E-state index in [1.54, 1.807) is 0 Å². The molecule has 0 aromatic rings. The smallest absolute Gasteiger partial charge is 0.309 e. The molecule has 0 radical (unpaired) electrons. The molecule has 0 bridgehead atoms. The van der Waals surface area contributed by atoms with Gasteiger partial charge >= 0.3 is 5.97 Å². The minimum absolute atomic E-state index is 0.0810. The number of carboxylic acids is 1. The highest BCUT2D eigenvalue weighted by molar-refractivity contribution is 5.84. The van der Waals surface area contributed by atoms with E-state index in [-0.39, 0.29) is 25.5 Å². The summed E-state index contributed by atoms with van der Waals surface area (Å²) in [6.45, 7) is 2.98. The Morgan fingerprint density at radius 2 is 1.92 bits per heavy atom. The van der Waals surface area contributed by atoms with Crippen molar-refractivity contribution in [3.8, 4) is 0 Å². The van der Waals surface area contributed by atoms with E-state index in [0.717, 1.165) is 0 Å². The maximum absolute atomic E-state index is 11.0. The number of rotatable bonds is 5. The Labute approximate surface area is 76.8 Å². The third-order valence-electron chi connectivity index (χ3n) is 1.62. The van der Waals surface area contributed by atoms with Crippen molar-refractivity contribution in [2.75, 3.05) is 13.2 Å². The fraction of sp³-hybridized carbons (Fsp3) is 0.750. The molecule has 0 aliphatic rings. The molecule has 0 aromatic heterocycles. The molecule has 0 aliphatic carbocycles. The van der Waals surface area contributed by atoms with Gasteiger partial charge < -0.3 is 15.5 Å². The van der Waals surface area contributed by atoms with Crippen LogP contribution in [0.15, 0.2) is 0 Å². The summed E-state index contributed by atoms with van der Waals surface area (Å²) in [4.78, 5) is 21.6. The summed E-state index contributed by atoms with van der Waals surface area (Å²) in [5.74, 6) is -1.37. The normalized spacial score (nSPS) is 11.0. The fourth-order valence-electron chi connectivity index (χ4n) is 0.735. The number of aliphatic carboxylic acids is 1. The summed E-state index contributed by atoms with van der Waals surface area (Å²) in [5.41, 5.74) is -1.06. The Kier molecular flexibility index (Phi) is 4.40. The van der Waals surface area contributed by atoms with Crippen LogP contribution >= 0.6 is 0 Å². The van der Waals surface area contributed by atoms with Gasteiger partial charge in [-0.15, -0.1) is 0 Å². The van der Waals surface area contributed by atoms with Gasteiger partial charge in [0.2, 0.25) is 5.91 Å². The molecule has 0 heterocycles. The van der Waals surface area contributed by atoms with E-state index >= 15 is 0 Å². The number of carbonyl (C=O) groups excluding carboxylic acids is 1. The Balaban J connectivity index is 3.97. The molecule has 0 aliphatic heterocycles. The van der Waals surface area contributed by atoms with Gasteiger partial charge in [-0.25, -0.2) is 0 Å². The minimum atomic E-state index is -1.06. The number of carbonyl (C=O) groups is 2. The molecule has 0 unspecified atom stereocenters. The second kappa shape index (κ2) is 4.81. The number of aliphatic hydroxyl groups is 1. The van der Waals surface area contributed by atoms with Gasteiger partial charge in [0.1, 0.15) is 0 Å². The van der Waals surface area contributed by atoms with Crippen LogP contribution in [0.4, 0.5) is 0 Å². The van der Waals surface area contributed by atoms with Crippen LogP contribution in [0.2, 0.25) is 0 Å². The predicted molar refractivity (Wildman–Crippen MR) is 46.1 cm³/mol. The van der Waals surface area contributed by atoms with Gasteiger partial charge in [-0.05, 0) is 13.8 Å². The lowest BCUT2D eigenvalue weighted by Crippen LogP contribution is -2.34. The van der Waals surface area contributed by atoms with E-state index in [0.29, 0.717) is 0 Å². The van der Waals surface area contributed by atoms with Crippen LogP contribution in [-0.2, 0) is 9.59 Å². The Morgan fingerprint density at radius 3 is 2.31 bits per heavy atom. The van der Waals surface area contributed by atoms with Gasteiger partial charge in [0, 0.05) is 13.0 Å². The Morgan fingerprint density at radius 1 is 1.38 bits per heavy atom. The molecule has 0 spiro atoms. The summed E-state index contributed by atoms with van der Waals surface area (Å²) < 4.78 is 0. The van der Waals surface area contributed by atoms with Crippen LogP contribution in [0.5, 0.6) is 0 Å². The highest BCUT2D eigenvalue weighted by atomic mass is 16.4. The average Bonchev–Trinajstić information content (AvgIpc) is 1.99. The summed E-state index contributed by atoms with van der Waals surface area (Å²) in [6, 6.07) is 0. The van der Waals surface area contributed by atoms with Gasteiger partial charge in [-0.3, -0.25) is 9.59 Å². The quantitative estimate of drug-likeness (QED) is 0.549. The first-order valence-electron chi connectivity index (χ1n) is 4.01. The monoisotopic (exact) mass is 189 g/mol. The topological polar surface area (TPSA) is 86.6 Å². The number of nitrogens with one attached hydrogen (secondary N) is 1. The molecular formula is C8H15NO4. The van der Waals surface area contributed by atoms with Crippen molar-refractivity contribution in [2.24, 2.45) is 5.41 Å². The molecule has 0 saturated heterocycles. The molecule has 0 atom stereocenters. The van der Waals surface area contributed by atoms with Crippen molar-refractivity contribution in [2.45, 2.75) is 20.3 Å². The first kappa shape index (κ1) is 11.9. The van der Waals surface area contributed by atoms with Crippen LogP contribution < -0.4 is 5.32 Å². The molecule has 76 valence electrons. The molecule has 5 heteroatoms. The molecule has 0 aromatic carbocycles. The zero-order valence-corrected chi connectivity index (χ0v) is 7.83. The lowest BCUT2D eigenvalue weighted by atomic mass is 9.89. The molecular weight excluding hydrogens is 174 g/mol. The Bertz CT molecular complexity index is 200. The molecule has 3 N–H and O–H groups in total. The van der Waals surface area contributed by atoms with Crippen LogP contribution in [0.1, 0.15) is 20.3 Å². The number of hydrogen-bond acceptors (Lipinski definition) is 3. The Hall–Kier alpha value is -1.10. The van der Waals surface area contributed by atoms with Crippen molar-refractivity contribution >= 4 is 11.9 Å². The van der Waals surface area contributed by atoms with E-state index in [2.05, 4.69) is 5.32 Å². The molecule has 0 fully saturated rings. The maximum Gasteiger partial charge on any atom is 0.309 e. The fourth-order valence-corrected chi connectivity index (χ4v) is 0.735. The van der Waals surface area contributed by atoms with E-state index in [1.165, 1.54) is 13.8 Å². The van der Waals surface area contributed by atoms with Gasteiger partial charge in [-0.1, -0.05) is 0 Å². The summed E-state index contributed by atoms with van der Waals surface area (Å²) in [5, 5.41) is 19.5. The van der Waals surface area contributed by atoms with Crippen molar-refractivity contribution in [3.63, 3.8) is 0 Å². The van der Waals surface area contributed by atoms with E-state index in [1.807, 2.05) is 0 Å². The molecule has 13 heavy (non-hydrogen) atoms. The van der Waals surface area contributed by atoms with E-state index < -0.39 is 11.4 Å². The van der Waals surface area contributed by atoms with Crippen molar-refractivity contribution in [3.05, 3.63) is 0 Å². The maximum atomic E-state index is 11.0. The predicted octanol–water partition coefficient (Wildman–Crippen LogP) is -0.404. The van der Waals surface area contributed by atoms with Gasteiger partial charge in [0.25, 0.3) is 0 Å². The zero-order chi connectivity index (χ0) is 10.5. The number of carboxylic acid groups (broad SMARTS) is 1. The SMILES string of the molecule is CC(C)(CC(=O)NCCO)C(=O)O. The number of amides is 1. The van der Waals surface area contributed by atoms with Crippen LogP contribution in [0.3, 0.4) is 0 Å². The largest absolute Gasteiger partial charge is 0.481 e.